The van der Waals surface area contributed by atoms with E-state index in [1.165, 1.54) is 0 Å². The molecule has 0 bridgehead atoms. The number of rotatable bonds is 3. The van der Waals surface area contributed by atoms with E-state index >= 15 is 0 Å². The van der Waals surface area contributed by atoms with Gasteiger partial charge in [-0.2, -0.15) is 4.98 Å². The monoisotopic (exact) mass is 387 g/mol. The van der Waals surface area contributed by atoms with Crippen molar-refractivity contribution in [2.45, 2.75) is 58.9 Å². The molecule has 1 unspecified atom stereocenters. The van der Waals surface area contributed by atoms with E-state index in [1.54, 1.807) is 6.92 Å². The first-order chi connectivity index (χ1) is 13.3. The van der Waals surface area contributed by atoms with E-state index in [0.29, 0.717) is 22.9 Å². The number of piperidine rings is 1. The molecule has 8 nitrogen and oxygen atoms in total. The zero-order valence-electron chi connectivity index (χ0n) is 17.4. The highest BCUT2D eigenvalue weighted by Gasteiger charge is 2.47. The summed E-state index contributed by atoms with van der Waals surface area (Å²) in [5, 5.41) is 8.15. The van der Waals surface area contributed by atoms with Gasteiger partial charge in [0, 0.05) is 25.6 Å². The predicted octanol–water partition coefficient (Wildman–Crippen LogP) is 3.10. The summed E-state index contributed by atoms with van der Waals surface area (Å²) in [7, 11) is 2.13. The molecule has 2 aliphatic rings. The van der Waals surface area contributed by atoms with E-state index < -0.39 is 0 Å². The third-order valence-electron chi connectivity index (χ3n) is 6.35. The van der Waals surface area contributed by atoms with Gasteiger partial charge in [0.1, 0.15) is 11.3 Å². The van der Waals surface area contributed by atoms with Crippen molar-refractivity contribution in [3.8, 4) is 0 Å². The van der Waals surface area contributed by atoms with Gasteiger partial charge in [0.15, 0.2) is 5.82 Å². The molecule has 2 aromatic rings. The van der Waals surface area contributed by atoms with Crippen LogP contribution in [0.5, 0.6) is 0 Å². The Morgan fingerprint density at radius 2 is 1.89 bits per heavy atom. The lowest BCUT2D eigenvalue weighted by molar-refractivity contribution is 0.0591. The molecule has 0 aliphatic carbocycles. The maximum absolute atomic E-state index is 12.9. The number of aromatic nitrogens is 3. The minimum Gasteiger partial charge on any atom is -0.361 e. The summed E-state index contributed by atoms with van der Waals surface area (Å²) < 4.78 is 10.6. The topological polar surface area (TPSA) is 88.5 Å². The van der Waals surface area contributed by atoms with E-state index in [9.17, 15) is 4.79 Å². The van der Waals surface area contributed by atoms with Gasteiger partial charge in [-0.1, -0.05) is 24.2 Å². The Balaban J connectivity index is 1.43. The molecule has 2 fully saturated rings. The second-order valence-electron chi connectivity index (χ2n) is 8.77. The molecule has 1 amide bonds. The van der Waals surface area contributed by atoms with Gasteiger partial charge >= 0.3 is 0 Å². The van der Waals surface area contributed by atoms with Crippen molar-refractivity contribution in [1.29, 1.82) is 0 Å². The maximum Gasteiger partial charge on any atom is 0.259 e. The predicted molar refractivity (Wildman–Crippen MR) is 102 cm³/mol. The van der Waals surface area contributed by atoms with Crippen LogP contribution in [0.15, 0.2) is 9.05 Å². The molecule has 28 heavy (non-hydrogen) atoms. The van der Waals surface area contributed by atoms with E-state index in [-0.39, 0.29) is 23.3 Å². The smallest absolute Gasteiger partial charge is 0.259 e. The number of hydrogen-bond donors (Lipinski definition) is 0. The average molecular weight is 387 g/mol. The summed E-state index contributed by atoms with van der Waals surface area (Å²) in [5.41, 5.74) is 1.49. The van der Waals surface area contributed by atoms with Crippen LogP contribution in [0.4, 0.5) is 0 Å². The zero-order valence-corrected chi connectivity index (χ0v) is 17.4. The summed E-state index contributed by atoms with van der Waals surface area (Å²) in [5.74, 6) is 2.36. The van der Waals surface area contributed by atoms with Crippen LogP contribution < -0.4 is 0 Å². The number of aryl methyl sites for hydroxylation is 2. The number of carbonyl (C=O) groups is 1. The van der Waals surface area contributed by atoms with E-state index in [0.717, 1.165) is 44.7 Å². The van der Waals surface area contributed by atoms with Gasteiger partial charge in [-0.25, -0.2) is 0 Å². The minimum absolute atomic E-state index is 0.0359. The van der Waals surface area contributed by atoms with Crippen molar-refractivity contribution in [3.63, 3.8) is 0 Å². The summed E-state index contributed by atoms with van der Waals surface area (Å²) in [6.07, 6.45) is 2.98. The molecule has 0 radical (unpaired) electrons. The fourth-order valence-electron chi connectivity index (χ4n) is 4.67. The molecule has 152 valence electrons. The fourth-order valence-corrected chi connectivity index (χ4v) is 4.67. The lowest BCUT2D eigenvalue weighted by atomic mass is 9.76. The van der Waals surface area contributed by atoms with Crippen molar-refractivity contribution in [1.82, 2.24) is 25.1 Å². The van der Waals surface area contributed by atoms with Crippen LogP contribution in [-0.2, 0) is 0 Å². The normalized spacial score (nSPS) is 22.5. The molecule has 1 atom stereocenters. The first-order valence-electron chi connectivity index (χ1n) is 10.1. The van der Waals surface area contributed by atoms with Crippen LogP contribution in [0, 0.1) is 19.3 Å². The SMILES string of the molecule is Cc1noc(C)c1C(=O)N1CCC2(CC1)CC(c1noc(C(C)C)n1)N(C)C2. The summed E-state index contributed by atoms with van der Waals surface area (Å²) in [4.78, 5) is 21.8. The lowest BCUT2D eigenvalue weighted by Gasteiger charge is -2.39. The van der Waals surface area contributed by atoms with Crippen molar-refractivity contribution in [3.05, 3.63) is 28.7 Å². The van der Waals surface area contributed by atoms with Crippen molar-refractivity contribution in [2.24, 2.45) is 5.41 Å². The van der Waals surface area contributed by atoms with E-state index in [4.69, 9.17) is 9.05 Å². The molecular weight excluding hydrogens is 358 g/mol. The van der Waals surface area contributed by atoms with E-state index in [1.807, 2.05) is 11.8 Å². The van der Waals surface area contributed by atoms with Crippen LogP contribution in [0.2, 0.25) is 0 Å². The van der Waals surface area contributed by atoms with Gasteiger partial charge in [0.2, 0.25) is 5.89 Å². The Morgan fingerprint density at radius 3 is 2.46 bits per heavy atom. The van der Waals surface area contributed by atoms with E-state index in [2.05, 4.69) is 41.1 Å². The number of hydrogen-bond acceptors (Lipinski definition) is 7. The molecule has 0 saturated carbocycles. The quantitative estimate of drug-likeness (QED) is 0.799. The van der Waals surface area contributed by atoms with Gasteiger partial charge in [0.25, 0.3) is 5.91 Å². The van der Waals surface area contributed by atoms with Gasteiger partial charge < -0.3 is 13.9 Å². The number of carbonyl (C=O) groups excluding carboxylic acids is 1. The molecule has 0 N–H and O–H groups in total. The largest absolute Gasteiger partial charge is 0.361 e. The minimum atomic E-state index is 0.0359. The lowest BCUT2D eigenvalue weighted by Crippen LogP contribution is -2.44. The van der Waals surface area contributed by atoms with Crippen LogP contribution in [0.25, 0.3) is 0 Å². The van der Waals surface area contributed by atoms with Crippen LogP contribution >= 0.6 is 0 Å². The van der Waals surface area contributed by atoms with Crippen molar-refractivity contribution >= 4 is 5.91 Å². The molecule has 4 heterocycles. The summed E-state index contributed by atoms with van der Waals surface area (Å²) in [6.45, 7) is 10.2. The highest BCUT2D eigenvalue weighted by molar-refractivity contribution is 5.96. The molecular formula is C20H29N5O3. The van der Waals surface area contributed by atoms with Crippen LogP contribution in [-0.4, -0.2) is 57.7 Å². The summed E-state index contributed by atoms with van der Waals surface area (Å²) in [6, 6.07) is 0.182. The summed E-state index contributed by atoms with van der Waals surface area (Å²) >= 11 is 0. The molecule has 2 saturated heterocycles. The Hall–Kier alpha value is -2.22. The number of nitrogens with zero attached hydrogens (tertiary/aromatic N) is 5. The Morgan fingerprint density at radius 1 is 1.18 bits per heavy atom. The standard InChI is InChI=1S/C20H29N5O3/c1-12(2)18-21-17(23-28-18)15-10-20(11-24(15)5)6-8-25(9-7-20)19(26)16-13(3)22-27-14(16)4/h12,15H,6-11H2,1-5H3. The fraction of sp³-hybridized carbons (Fsp3) is 0.700. The third kappa shape index (κ3) is 3.23. The van der Waals surface area contributed by atoms with Gasteiger partial charge in [0.05, 0.1) is 11.7 Å². The molecule has 8 heteroatoms. The van der Waals surface area contributed by atoms with Crippen molar-refractivity contribution in [2.75, 3.05) is 26.7 Å². The van der Waals surface area contributed by atoms with Gasteiger partial charge in [-0.3, -0.25) is 9.69 Å². The number of amides is 1. The Labute approximate surface area is 165 Å². The Kier molecular flexibility index (Phi) is 4.77. The first kappa shape index (κ1) is 19.1. The zero-order chi connectivity index (χ0) is 20.1. The number of likely N-dealkylation sites (tertiary alicyclic amines) is 2. The molecule has 4 rings (SSSR count). The second kappa shape index (κ2) is 6.99. The maximum atomic E-state index is 12.9. The van der Waals surface area contributed by atoms with Crippen LogP contribution in [0.3, 0.4) is 0 Å². The first-order valence-corrected chi connectivity index (χ1v) is 10.1. The highest BCUT2D eigenvalue weighted by atomic mass is 16.5. The molecule has 0 aromatic carbocycles. The molecule has 2 aliphatic heterocycles. The highest BCUT2D eigenvalue weighted by Crippen LogP contribution is 2.48. The average Bonchev–Trinajstić information content (AvgIpc) is 3.34. The molecule has 2 aromatic heterocycles. The van der Waals surface area contributed by atoms with Crippen molar-refractivity contribution < 1.29 is 13.8 Å². The third-order valence-corrected chi connectivity index (χ3v) is 6.35. The Bertz CT molecular complexity index is 844. The van der Waals surface area contributed by atoms with Gasteiger partial charge in [-0.15, -0.1) is 0 Å². The van der Waals surface area contributed by atoms with Crippen LogP contribution in [0.1, 0.15) is 78.6 Å². The molecule has 1 spiro atoms. The second-order valence-corrected chi connectivity index (χ2v) is 8.77. The van der Waals surface area contributed by atoms with Gasteiger partial charge in [-0.05, 0) is 45.6 Å².